The minimum atomic E-state index is -0.520. The van der Waals surface area contributed by atoms with Crippen molar-refractivity contribution in [2.45, 2.75) is 71.0 Å². The van der Waals surface area contributed by atoms with E-state index in [0.29, 0.717) is 25.2 Å². The zero-order valence-corrected chi connectivity index (χ0v) is 22.2. The van der Waals surface area contributed by atoms with Crippen molar-refractivity contribution >= 4 is 28.6 Å². The summed E-state index contributed by atoms with van der Waals surface area (Å²) in [6.07, 6.45) is 5.26. The number of aromatic nitrogens is 2. The molecule has 1 aliphatic carbocycles. The fraction of sp³-hybridized carbons (Fsp3) is 0.630. The van der Waals surface area contributed by atoms with Crippen LogP contribution in [0.4, 0.5) is 0 Å². The Morgan fingerprint density at radius 3 is 2.50 bits per heavy atom. The van der Waals surface area contributed by atoms with Crippen molar-refractivity contribution in [3.63, 3.8) is 0 Å². The summed E-state index contributed by atoms with van der Waals surface area (Å²) in [6, 6.07) is 4.64. The first-order valence-corrected chi connectivity index (χ1v) is 13.2. The lowest BCUT2D eigenvalue weighted by Crippen LogP contribution is -2.62. The highest BCUT2D eigenvalue weighted by Crippen LogP contribution is 2.28. The monoisotopic (exact) mass is 496 g/mol. The number of benzene rings is 1. The second-order valence-corrected chi connectivity index (χ2v) is 10.5. The Kier molecular flexibility index (Phi) is 7.97. The highest BCUT2D eigenvalue weighted by atomic mass is 16.2. The Labute approximate surface area is 213 Å². The van der Waals surface area contributed by atoms with Crippen LogP contribution in [-0.4, -0.2) is 82.1 Å². The maximum atomic E-state index is 13.8. The van der Waals surface area contributed by atoms with Gasteiger partial charge in [-0.2, -0.15) is 5.10 Å². The van der Waals surface area contributed by atoms with Gasteiger partial charge in [-0.15, -0.1) is 0 Å². The molecular formula is C27H40N6O3. The molecule has 36 heavy (non-hydrogen) atoms. The molecule has 1 aromatic heterocycles. The largest absolute Gasteiger partial charge is 0.343 e. The number of nitrogens with zero attached hydrogens (tertiary/aromatic N) is 4. The Bertz CT molecular complexity index is 1120. The fourth-order valence-electron chi connectivity index (χ4n) is 5.55. The molecule has 1 saturated carbocycles. The predicted octanol–water partition coefficient (Wildman–Crippen LogP) is 2.23. The number of fused-ring (bicyclic) bond motifs is 1. The summed E-state index contributed by atoms with van der Waals surface area (Å²) >= 11 is 0. The second-order valence-electron chi connectivity index (χ2n) is 10.5. The van der Waals surface area contributed by atoms with E-state index in [9.17, 15) is 14.4 Å². The Balaban J connectivity index is 1.46. The van der Waals surface area contributed by atoms with Gasteiger partial charge in [-0.1, -0.05) is 25.3 Å². The quantitative estimate of drug-likeness (QED) is 0.639. The second kappa shape index (κ2) is 11.0. The fourth-order valence-corrected chi connectivity index (χ4v) is 5.55. The zero-order chi connectivity index (χ0) is 26.0. The van der Waals surface area contributed by atoms with Gasteiger partial charge in [-0.25, -0.2) is 0 Å². The van der Waals surface area contributed by atoms with Crippen LogP contribution >= 0.6 is 0 Å². The first-order chi connectivity index (χ1) is 17.2. The van der Waals surface area contributed by atoms with E-state index in [1.165, 1.54) is 6.42 Å². The summed E-state index contributed by atoms with van der Waals surface area (Å²) in [5.74, 6) is -0.0645. The standard InChI is InChI=1S/C27H40N6O3/c1-17-16-32(26(35)21-11-12-22-19(3)31(5)30-23(22)15-21)13-14-33(17)27(36)24(20-9-7-6-8-10-20)29-25(34)18(2)28-4/h11-12,15,17-18,20,24,28H,6-10,13-14,16H2,1-5H3,(H,29,34)/t17-,18+,24+/m1/s1. The van der Waals surface area contributed by atoms with Gasteiger partial charge >= 0.3 is 0 Å². The highest BCUT2D eigenvalue weighted by Gasteiger charge is 2.38. The molecule has 1 saturated heterocycles. The van der Waals surface area contributed by atoms with E-state index in [1.54, 1.807) is 14.0 Å². The summed E-state index contributed by atoms with van der Waals surface area (Å²) < 4.78 is 1.82. The van der Waals surface area contributed by atoms with Crippen molar-refractivity contribution in [2.24, 2.45) is 13.0 Å². The van der Waals surface area contributed by atoms with Gasteiger partial charge in [0.05, 0.1) is 11.6 Å². The van der Waals surface area contributed by atoms with Crippen molar-refractivity contribution in [1.82, 2.24) is 30.2 Å². The molecule has 2 N–H and O–H groups in total. The molecule has 9 heteroatoms. The van der Waals surface area contributed by atoms with Crippen molar-refractivity contribution in [3.8, 4) is 0 Å². The number of nitrogens with one attached hydrogen (secondary N) is 2. The van der Waals surface area contributed by atoms with E-state index in [-0.39, 0.29) is 35.7 Å². The van der Waals surface area contributed by atoms with Gasteiger partial charge in [-0.3, -0.25) is 19.1 Å². The van der Waals surface area contributed by atoms with E-state index in [2.05, 4.69) is 15.7 Å². The first-order valence-electron chi connectivity index (χ1n) is 13.2. The SMILES string of the molecule is CN[C@@H](C)C(=O)N[C@H](C(=O)N1CCN(C(=O)c2ccc3c(C)n(C)nc3c2)C[C@H]1C)C1CCCCC1. The molecule has 3 atom stereocenters. The van der Waals surface area contributed by atoms with Crippen molar-refractivity contribution in [1.29, 1.82) is 0 Å². The van der Waals surface area contributed by atoms with Gasteiger partial charge in [0, 0.05) is 49.4 Å². The van der Waals surface area contributed by atoms with Gasteiger partial charge in [-0.05, 0) is 58.7 Å². The molecule has 2 fully saturated rings. The first kappa shape index (κ1) is 26.1. The van der Waals surface area contributed by atoms with E-state index in [4.69, 9.17) is 0 Å². The van der Waals surface area contributed by atoms with Crippen LogP contribution < -0.4 is 10.6 Å². The molecular weight excluding hydrogens is 456 g/mol. The molecule has 0 radical (unpaired) electrons. The van der Waals surface area contributed by atoms with Crippen LogP contribution in [0.25, 0.3) is 10.9 Å². The minimum absolute atomic E-state index is 0.0245. The van der Waals surface area contributed by atoms with Crippen LogP contribution in [-0.2, 0) is 16.6 Å². The van der Waals surface area contributed by atoms with Crippen LogP contribution in [0.3, 0.4) is 0 Å². The number of hydrogen-bond donors (Lipinski definition) is 2. The van der Waals surface area contributed by atoms with Crippen LogP contribution in [0.5, 0.6) is 0 Å². The number of carbonyl (C=O) groups is 3. The highest BCUT2D eigenvalue weighted by molar-refractivity contribution is 5.98. The number of piperazine rings is 1. The van der Waals surface area contributed by atoms with Crippen molar-refractivity contribution in [3.05, 3.63) is 29.5 Å². The van der Waals surface area contributed by atoms with Gasteiger partial charge in [0.1, 0.15) is 6.04 Å². The molecule has 0 unspecified atom stereocenters. The number of aryl methyl sites for hydroxylation is 2. The van der Waals surface area contributed by atoms with Gasteiger partial charge in [0.2, 0.25) is 11.8 Å². The van der Waals surface area contributed by atoms with E-state index >= 15 is 0 Å². The number of hydrogen-bond acceptors (Lipinski definition) is 5. The minimum Gasteiger partial charge on any atom is -0.343 e. The van der Waals surface area contributed by atoms with Crippen LogP contribution in [0.1, 0.15) is 62.0 Å². The van der Waals surface area contributed by atoms with Gasteiger partial charge < -0.3 is 20.4 Å². The Hall–Kier alpha value is -2.94. The Morgan fingerprint density at radius 2 is 1.83 bits per heavy atom. The predicted molar refractivity (Wildman–Crippen MR) is 140 cm³/mol. The van der Waals surface area contributed by atoms with Crippen LogP contribution in [0.2, 0.25) is 0 Å². The van der Waals surface area contributed by atoms with Gasteiger partial charge in [0.25, 0.3) is 5.91 Å². The maximum Gasteiger partial charge on any atom is 0.254 e. The summed E-state index contributed by atoms with van der Waals surface area (Å²) in [7, 11) is 3.64. The number of likely N-dealkylation sites (N-methyl/N-ethyl adjacent to an activating group) is 1. The molecule has 1 aromatic carbocycles. The van der Waals surface area contributed by atoms with E-state index < -0.39 is 6.04 Å². The van der Waals surface area contributed by atoms with Crippen molar-refractivity contribution in [2.75, 3.05) is 26.7 Å². The smallest absolute Gasteiger partial charge is 0.254 e. The molecule has 2 aliphatic rings. The maximum absolute atomic E-state index is 13.8. The molecule has 3 amide bonds. The molecule has 1 aliphatic heterocycles. The topological polar surface area (TPSA) is 99.6 Å². The average molecular weight is 497 g/mol. The van der Waals surface area contributed by atoms with Crippen molar-refractivity contribution < 1.29 is 14.4 Å². The molecule has 2 heterocycles. The molecule has 0 spiro atoms. The molecule has 196 valence electrons. The van der Waals surface area contributed by atoms with E-state index in [1.807, 2.05) is 53.6 Å². The third-order valence-corrected chi connectivity index (χ3v) is 8.09. The van der Waals surface area contributed by atoms with Gasteiger partial charge in [0.15, 0.2) is 0 Å². The summed E-state index contributed by atoms with van der Waals surface area (Å²) in [6.45, 7) is 7.18. The number of rotatable bonds is 6. The molecule has 2 aromatic rings. The normalized spacial score (nSPS) is 20.9. The van der Waals surface area contributed by atoms with Crippen LogP contribution in [0.15, 0.2) is 18.2 Å². The zero-order valence-electron chi connectivity index (χ0n) is 22.2. The lowest BCUT2D eigenvalue weighted by Gasteiger charge is -2.43. The summed E-state index contributed by atoms with van der Waals surface area (Å²) in [4.78, 5) is 43.5. The lowest BCUT2D eigenvalue weighted by molar-refractivity contribution is -0.142. The van der Waals surface area contributed by atoms with E-state index in [0.717, 1.165) is 42.3 Å². The molecule has 0 bridgehead atoms. The Morgan fingerprint density at radius 1 is 1.11 bits per heavy atom. The number of amides is 3. The van der Waals surface area contributed by atoms with Crippen LogP contribution in [0, 0.1) is 12.8 Å². The summed E-state index contributed by atoms with van der Waals surface area (Å²) in [5.41, 5.74) is 2.49. The average Bonchev–Trinajstić information content (AvgIpc) is 3.18. The molecule has 4 rings (SSSR count). The third-order valence-electron chi connectivity index (χ3n) is 8.09. The summed E-state index contributed by atoms with van der Waals surface area (Å²) in [5, 5.41) is 11.6. The lowest BCUT2D eigenvalue weighted by atomic mass is 9.83. The number of carbonyl (C=O) groups excluding carboxylic acids is 3. The molecule has 9 nitrogen and oxygen atoms in total. The third kappa shape index (κ3) is 5.26.